The van der Waals surface area contributed by atoms with Crippen LogP contribution in [0.15, 0.2) is 47.3 Å². The zero-order valence-electron chi connectivity index (χ0n) is 13.8. The van der Waals surface area contributed by atoms with Crippen LogP contribution in [0.2, 0.25) is 0 Å². The first-order valence-electron chi connectivity index (χ1n) is 7.45. The predicted octanol–water partition coefficient (Wildman–Crippen LogP) is 1.36. The molecule has 1 heterocycles. The molecule has 1 amide bonds. The SMILES string of the molecule is COc1cccc(F)c1-n1nnn(C(=O)Nc2cccc(C(=O)O)c2)c1=O. The van der Waals surface area contributed by atoms with E-state index in [0.717, 1.165) is 6.07 Å². The Kier molecular flexibility index (Phi) is 4.66. The Hall–Kier alpha value is -4.02. The molecule has 10 nitrogen and oxygen atoms in total. The number of amides is 1. The van der Waals surface area contributed by atoms with Crippen LogP contribution in [0.5, 0.6) is 5.75 Å². The van der Waals surface area contributed by atoms with Gasteiger partial charge >= 0.3 is 17.7 Å². The number of nitrogens with zero attached hydrogens (tertiary/aromatic N) is 4. The van der Waals surface area contributed by atoms with Crippen LogP contribution in [-0.2, 0) is 0 Å². The van der Waals surface area contributed by atoms with Crippen molar-refractivity contribution in [3.05, 3.63) is 64.3 Å². The number of carboxylic acid groups (broad SMARTS) is 1. The third kappa shape index (κ3) is 3.38. The highest BCUT2D eigenvalue weighted by atomic mass is 19.1. The second kappa shape index (κ2) is 7.07. The van der Waals surface area contributed by atoms with Gasteiger partial charge in [-0.3, -0.25) is 0 Å². The number of tetrazole rings is 1. The maximum Gasteiger partial charge on any atom is 0.377 e. The zero-order chi connectivity index (χ0) is 19.6. The fraction of sp³-hybridized carbons (Fsp3) is 0.0625. The molecule has 0 atom stereocenters. The number of carbonyl (C=O) groups is 2. The molecule has 0 aliphatic heterocycles. The first-order valence-corrected chi connectivity index (χ1v) is 7.45. The number of aromatic nitrogens is 4. The lowest BCUT2D eigenvalue weighted by atomic mass is 10.2. The van der Waals surface area contributed by atoms with Gasteiger partial charge in [-0.2, -0.15) is 4.68 Å². The van der Waals surface area contributed by atoms with E-state index < -0.39 is 23.5 Å². The molecule has 1 aromatic heterocycles. The van der Waals surface area contributed by atoms with Crippen LogP contribution < -0.4 is 15.7 Å². The largest absolute Gasteiger partial charge is 0.494 e. The van der Waals surface area contributed by atoms with E-state index in [1.807, 2.05) is 0 Å². The number of benzene rings is 2. The number of aromatic carboxylic acids is 1. The van der Waals surface area contributed by atoms with Crippen LogP contribution in [0.4, 0.5) is 14.9 Å². The first-order chi connectivity index (χ1) is 12.9. The Bertz CT molecular complexity index is 1090. The lowest BCUT2D eigenvalue weighted by Gasteiger charge is -2.07. The molecule has 138 valence electrons. The van der Waals surface area contributed by atoms with Crippen LogP contribution in [0.1, 0.15) is 10.4 Å². The van der Waals surface area contributed by atoms with E-state index >= 15 is 0 Å². The van der Waals surface area contributed by atoms with Gasteiger partial charge < -0.3 is 15.2 Å². The van der Waals surface area contributed by atoms with Gasteiger partial charge in [0.2, 0.25) is 0 Å². The molecule has 11 heteroatoms. The number of carbonyl (C=O) groups excluding carboxylic acids is 1. The van der Waals surface area contributed by atoms with Gasteiger partial charge in [0, 0.05) is 5.69 Å². The standard InChI is InChI=1S/C16H12FN5O5/c1-27-12-7-3-6-11(17)13(12)21-16(26)22(20-19-21)15(25)18-10-5-2-4-9(8-10)14(23)24/h2-8H,1H3,(H,18,25)(H,23,24). The molecule has 0 aliphatic carbocycles. The fourth-order valence-electron chi connectivity index (χ4n) is 2.29. The van der Waals surface area contributed by atoms with E-state index in [1.54, 1.807) is 0 Å². The summed E-state index contributed by atoms with van der Waals surface area (Å²) >= 11 is 0. The van der Waals surface area contributed by atoms with Gasteiger partial charge in [0.15, 0.2) is 5.82 Å². The van der Waals surface area contributed by atoms with Crippen LogP contribution in [0.25, 0.3) is 5.69 Å². The minimum atomic E-state index is -1.18. The molecule has 0 spiro atoms. The maximum atomic E-state index is 14.1. The van der Waals surface area contributed by atoms with Crippen molar-refractivity contribution in [3.63, 3.8) is 0 Å². The summed E-state index contributed by atoms with van der Waals surface area (Å²) in [5.74, 6) is -1.95. The summed E-state index contributed by atoms with van der Waals surface area (Å²) < 4.78 is 20.1. The van der Waals surface area contributed by atoms with E-state index in [-0.39, 0.29) is 22.7 Å². The van der Waals surface area contributed by atoms with Crippen LogP contribution in [0.3, 0.4) is 0 Å². The topological polar surface area (TPSA) is 128 Å². The summed E-state index contributed by atoms with van der Waals surface area (Å²) in [5.41, 5.74) is -1.26. The van der Waals surface area contributed by atoms with E-state index in [0.29, 0.717) is 9.36 Å². The highest BCUT2D eigenvalue weighted by Gasteiger charge is 2.20. The number of halogens is 1. The molecule has 0 fully saturated rings. The second-order valence-electron chi connectivity index (χ2n) is 5.19. The molecule has 0 saturated heterocycles. The molecular weight excluding hydrogens is 361 g/mol. The molecule has 3 rings (SSSR count). The number of nitrogens with one attached hydrogen (secondary N) is 1. The summed E-state index contributed by atoms with van der Waals surface area (Å²) in [5, 5.41) is 18.2. The van der Waals surface area contributed by atoms with Crippen molar-refractivity contribution in [2.24, 2.45) is 0 Å². The van der Waals surface area contributed by atoms with Crippen molar-refractivity contribution >= 4 is 17.7 Å². The average Bonchev–Trinajstić information content (AvgIpc) is 3.02. The number of para-hydroxylation sites is 1. The molecule has 2 N–H and O–H groups in total. The van der Waals surface area contributed by atoms with E-state index in [1.165, 1.54) is 43.5 Å². The quantitative estimate of drug-likeness (QED) is 0.661. The second-order valence-corrected chi connectivity index (χ2v) is 5.19. The van der Waals surface area contributed by atoms with E-state index in [2.05, 4.69) is 15.7 Å². The van der Waals surface area contributed by atoms with Crippen LogP contribution in [-0.4, -0.2) is 44.0 Å². The summed E-state index contributed by atoms with van der Waals surface area (Å²) in [7, 11) is 1.29. The molecule has 0 unspecified atom stereocenters. The van der Waals surface area contributed by atoms with Crippen molar-refractivity contribution in [1.82, 2.24) is 19.8 Å². The third-order valence-electron chi connectivity index (χ3n) is 3.52. The minimum absolute atomic E-state index is 0.0266. The number of methoxy groups -OCH3 is 1. The lowest BCUT2D eigenvalue weighted by molar-refractivity contribution is 0.0697. The van der Waals surface area contributed by atoms with Gasteiger partial charge in [0.25, 0.3) is 0 Å². The Morgan fingerprint density at radius 3 is 2.63 bits per heavy atom. The molecule has 0 saturated carbocycles. The summed E-state index contributed by atoms with van der Waals surface area (Å²) in [6, 6.07) is 8.30. The molecule has 0 aliphatic rings. The Morgan fingerprint density at radius 1 is 1.19 bits per heavy atom. The van der Waals surface area contributed by atoms with Crippen molar-refractivity contribution < 1.29 is 23.8 Å². The van der Waals surface area contributed by atoms with Gasteiger partial charge in [-0.25, -0.2) is 18.8 Å². The number of carboxylic acids is 1. The summed E-state index contributed by atoms with van der Waals surface area (Å²) in [6.07, 6.45) is 0. The van der Waals surface area contributed by atoms with E-state index in [9.17, 15) is 18.8 Å². The number of hydrogen-bond acceptors (Lipinski definition) is 6. The third-order valence-corrected chi connectivity index (χ3v) is 3.52. The van der Waals surface area contributed by atoms with E-state index in [4.69, 9.17) is 9.84 Å². The Labute approximate surface area is 150 Å². The minimum Gasteiger partial charge on any atom is -0.494 e. The molecule has 0 radical (unpaired) electrons. The Morgan fingerprint density at radius 2 is 1.93 bits per heavy atom. The lowest BCUT2D eigenvalue weighted by Crippen LogP contribution is -2.33. The fourth-order valence-corrected chi connectivity index (χ4v) is 2.29. The first kappa shape index (κ1) is 17.8. The van der Waals surface area contributed by atoms with Gasteiger partial charge in [-0.1, -0.05) is 12.1 Å². The van der Waals surface area contributed by atoms with Crippen LogP contribution >= 0.6 is 0 Å². The van der Waals surface area contributed by atoms with Crippen LogP contribution in [0, 0.1) is 5.82 Å². The number of anilines is 1. The monoisotopic (exact) mass is 373 g/mol. The van der Waals surface area contributed by atoms with Gasteiger partial charge in [0.1, 0.15) is 11.4 Å². The zero-order valence-corrected chi connectivity index (χ0v) is 13.8. The van der Waals surface area contributed by atoms with Gasteiger partial charge in [-0.05, 0) is 40.8 Å². The molecule has 27 heavy (non-hydrogen) atoms. The number of hydrogen-bond donors (Lipinski definition) is 2. The molecular formula is C16H12FN5O5. The smallest absolute Gasteiger partial charge is 0.377 e. The number of ether oxygens (including phenoxy) is 1. The van der Waals surface area contributed by atoms with Crippen molar-refractivity contribution in [2.75, 3.05) is 12.4 Å². The molecule has 2 aromatic carbocycles. The van der Waals surface area contributed by atoms with Crippen molar-refractivity contribution in [1.29, 1.82) is 0 Å². The van der Waals surface area contributed by atoms with Gasteiger partial charge in [0.05, 0.1) is 12.7 Å². The summed E-state index contributed by atoms with van der Waals surface area (Å²) in [6.45, 7) is 0. The predicted molar refractivity (Wildman–Crippen MR) is 89.9 cm³/mol. The molecule has 3 aromatic rings. The highest BCUT2D eigenvalue weighted by Crippen LogP contribution is 2.23. The van der Waals surface area contributed by atoms with Crippen molar-refractivity contribution in [3.8, 4) is 11.4 Å². The normalized spacial score (nSPS) is 10.4. The average molecular weight is 373 g/mol. The highest BCUT2D eigenvalue weighted by molar-refractivity contribution is 5.93. The number of rotatable bonds is 4. The molecule has 0 bridgehead atoms. The van der Waals surface area contributed by atoms with Crippen molar-refractivity contribution in [2.45, 2.75) is 0 Å². The Balaban J connectivity index is 1.94. The summed E-state index contributed by atoms with van der Waals surface area (Å²) in [4.78, 5) is 35.7. The maximum absolute atomic E-state index is 14.1. The van der Waals surface area contributed by atoms with Gasteiger partial charge in [-0.15, -0.1) is 4.68 Å².